The lowest BCUT2D eigenvalue weighted by Gasteiger charge is -2.26. The zero-order chi connectivity index (χ0) is 15.4. The Morgan fingerprint density at radius 3 is 2.25 bits per heavy atom. The van der Waals surface area contributed by atoms with Crippen LogP contribution in [0.15, 0.2) is 0 Å². The van der Waals surface area contributed by atoms with E-state index in [2.05, 4.69) is 0 Å². The second-order valence-corrected chi connectivity index (χ2v) is 8.81. The summed E-state index contributed by atoms with van der Waals surface area (Å²) in [7, 11) is -3.54. The summed E-state index contributed by atoms with van der Waals surface area (Å²) in [6.07, 6.45) is 5.20. The number of nitrogens with two attached hydrogens (primary N) is 1. The average molecular weight is 305 g/mol. The van der Waals surface area contributed by atoms with Gasteiger partial charge in [-0.2, -0.15) is 0 Å². The smallest absolute Gasteiger partial charge is 0.321 e. The number of ether oxygens (including phenoxy) is 1. The molecule has 0 aromatic heterocycles. The van der Waals surface area contributed by atoms with Crippen LogP contribution in [0.1, 0.15) is 59.3 Å². The lowest BCUT2D eigenvalue weighted by molar-refractivity contribution is -0.151. The molecule has 0 radical (unpaired) electrons. The number of hydrogen-bond donors (Lipinski definition) is 1. The Morgan fingerprint density at radius 1 is 1.15 bits per heavy atom. The molecule has 1 aliphatic rings. The van der Waals surface area contributed by atoms with Crippen LogP contribution in [0.5, 0.6) is 0 Å². The molecule has 2 N–H and O–H groups in total. The Hall–Kier alpha value is -0.620. The minimum Gasteiger partial charge on any atom is -0.459 e. The molecule has 2 unspecified atom stereocenters. The minimum atomic E-state index is -3.54. The summed E-state index contributed by atoms with van der Waals surface area (Å²) in [5.74, 6) is -1.26. The average Bonchev–Trinajstić information content (AvgIpc) is 2.19. The van der Waals surface area contributed by atoms with E-state index >= 15 is 0 Å². The summed E-state index contributed by atoms with van der Waals surface area (Å²) >= 11 is 0. The van der Waals surface area contributed by atoms with Crippen LogP contribution in [-0.4, -0.2) is 37.0 Å². The molecule has 0 aromatic carbocycles. The van der Waals surface area contributed by atoms with E-state index in [1.54, 1.807) is 20.8 Å². The normalized spacial score (nSPS) is 25.6. The highest BCUT2D eigenvalue weighted by Crippen LogP contribution is 2.23. The van der Waals surface area contributed by atoms with Crippen molar-refractivity contribution in [3.8, 4) is 0 Å². The topological polar surface area (TPSA) is 86.5 Å². The summed E-state index contributed by atoms with van der Waals surface area (Å²) in [5.41, 5.74) is 5.34. The second-order valence-electron chi connectivity index (χ2n) is 6.59. The van der Waals surface area contributed by atoms with Crippen LogP contribution in [0.3, 0.4) is 0 Å². The molecule has 5 nitrogen and oxygen atoms in total. The van der Waals surface area contributed by atoms with Gasteiger partial charge in [0.15, 0.2) is 9.84 Å². The van der Waals surface area contributed by atoms with Crippen LogP contribution in [0.2, 0.25) is 0 Å². The molecule has 0 spiro atoms. The zero-order valence-corrected chi connectivity index (χ0v) is 13.5. The standard InChI is InChI=1S/C14H27NO4S/c1-14(2,3)19-13(16)10-20(17,18)12-9-7-5-4-6-8-11(12)15/h11-12H,4-10,15H2,1-3H3. The first-order chi connectivity index (χ1) is 9.12. The lowest BCUT2D eigenvalue weighted by atomic mass is 9.97. The van der Waals surface area contributed by atoms with Gasteiger partial charge in [0.25, 0.3) is 0 Å². The number of carbonyl (C=O) groups is 1. The number of rotatable bonds is 3. The van der Waals surface area contributed by atoms with Gasteiger partial charge < -0.3 is 10.5 Å². The van der Waals surface area contributed by atoms with E-state index < -0.39 is 32.4 Å². The van der Waals surface area contributed by atoms with E-state index in [4.69, 9.17) is 10.5 Å². The van der Waals surface area contributed by atoms with Crippen LogP contribution in [0.4, 0.5) is 0 Å². The van der Waals surface area contributed by atoms with Gasteiger partial charge in [0, 0.05) is 6.04 Å². The van der Waals surface area contributed by atoms with Crippen molar-refractivity contribution in [1.82, 2.24) is 0 Å². The van der Waals surface area contributed by atoms with E-state index in [9.17, 15) is 13.2 Å². The Bertz CT molecular complexity index is 425. The highest BCUT2D eigenvalue weighted by molar-refractivity contribution is 7.92. The van der Waals surface area contributed by atoms with Gasteiger partial charge in [-0.05, 0) is 33.6 Å². The molecule has 0 aliphatic heterocycles. The number of esters is 1. The van der Waals surface area contributed by atoms with Gasteiger partial charge in [0.2, 0.25) is 0 Å². The summed E-state index contributed by atoms with van der Waals surface area (Å²) in [5, 5.41) is -0.615. The molecule has 6 heteroatoms. The molecule has 20 heavy (non-hydrogen) atoms. The molecule has 1 aliphatic carbocycles. The fraction of sp³-hybridized carbons (Fsp3) is 0.929. The van der Waals surface area contributed by atoms with Crippen molar-refractivity contribution in [2.45, 2.75) is 76.2 Å². The van der Waals surface area contributed by atoms with Gasteiger partial charge in [-0.15, -0.1) is 0 Å². The maximum absolute atomic E-state index is 12.4. The molecule has 0 bridgehead atoms. The van der Waals surface area contributed by atoms with Gasteiger partial charge in [0.05, 0.1) is 5.25 Å². The largest absolute Gasteiger partial charge is 0.459 e. The predicted molar refractivity (Wildman–Crippen MR) is 79.1 cm³/mol. The number of carbonyl (C=O) groups excluding carboxylic acids is 1. The first kappa shape index (κ1) is 17.4. The quantitative estimate of drug-likeness (QED) is 0.803. The number of sulfone groups is 1. The van der Waals surface area contributed by atoms with Crippen molar-refractivity contribution >= 4 is 15.8 Å². The van der Waals surface area contributed by atoms with Crippen molar-refractivity contribution in [3.05, 3.63) is 0 Å². The van der Waals surface area contributed by atoms with E-state index in [0.717, 1.165) is 25.7 Å². The van der Waals surface area contributed by atoms with Gasteiger partial charge in [0.1, 0.15) is 11.4 Å². The van der Waals surface area contributed by atoms with Crippen LogP contribution in [-0.2, 0) is 19.4 Å². The van der Waals surface area contributed by atoms with Crippen molar-refractivity contribution < 1.29 is 17.9 Å². The molecule has 2 atom stereocenters. The third-order valence-corrected chi connectivity index (χ3v) is 5.60. The zero-order valence-electron chi connectivity index (χ0n) is 12.7. The highest BCUT2D eigenvalue weighted by Gasteiger charge is 2.34. The Balaban J connectivity index is 2.72. The van der Waals surface area contributed by atoms with Gasteiger partial charge >= 0.3 is 5.97 Å². The van der Waals surface area contributed by atoms with Crippen molar-refractivity contribution in [2.75, 3.05) is 5.75 Å². The summed E-state index contributed by atoms with van der Waals surface area (Å²) < 4.78 is 29.8. The van der Waals surface area contributed by atoms with Crippen LogP contribution < -0.4 is 5.73 Å². The summed E-state index contributed by atoms with van der Waals surface area (Å²) in [6, 6.07) is -0.372. The van der Waals surface area contributed by atoms with Crippen molar-refractivity contribution in [1.29, 1.82) is 0 Å². The fourth-order valence-corrected chi connectivity index (χ4v) is 4.36. The van der Waals surface area contributed by atoms with Crippen LogP contribution in [0.25, 0.3) is 0 Å². The van der Waals surface area contributed by atoms with Crippen LogP contribution in [0, 0.1) is 0 Å². The summed E-state index contributed by atoms with van der Waals surface area (Å²) in [6.45, 7) is 5.16. The number of hydrogen-bond acceptors (Lipinski definition) is 5. The molecule has 118 valence electrons. The maximum atomic E-state index is 12.4. The second kappa shape index (κ2) is 6.89. The third-order valence-electron chi connectivity index (χ3n) is 3.45. The van der Waals surface area contributed by atoms with E-state index in [1.807, 2.05) is 0 Å². The molecule has 1 fully saturated rings. The SMILES string of the molecule is CC(C)(C)OC(=O)CS(=O)(=O)C1CCCCCCC1N. The van der Waals surface area contributed by atoms with Crippen molar-refractivity contribution in [2.24, 2.45) is 5.73 Å². The van der Waals surface area contributed by atoms with Gasteiger partial charge in [-0.25, -0.2) is 8.42 Å². The first-order valence-electron chi connectivity index (χ1n) is 7.31. The third kappa shape index (κ3) is 5.79. The first-order valence-corrected chi connectivity index (χ1v) is 9.02. The highest BCUT2D eigenvalue weighted by atomic mass is 32.2. The molecule has 1 rings (SSSR count). The van der Waals surface area contributed by atoms with Crippen LogP contribution >= 0.6 is 0 Å². The van der Waals surface area contributed by atoms with Gasteiger partial charge in [-0.1, -0.05) is 25.7 Å². The lowest BCUT2D eigenvalue weighted by Crippen LogP contribution is -2.44. The molecular weight excluding hydrogens is 278 g/mol. The molecule has 0 amide bonds. The van der Waals surface area contributed by atoms with Gasteiger partial charge in [-0.3, -0.25) is 4.79 Å². The van der Waals surface area contributed by atoms with E-state index in [1.165, 1.54) is 0 Å². The fourth-order valence-electron chi connectivity index (χ4n) is 2.57. The predicted octanol–water partition coefficient (Wildman–Crippen LogP) is 1.79. The Labute approximate surface area is 122 Å². The van der Waals surface area contributed by atoms with Crippen molar-refractivity contribution in [3.63, 3.8) is 0 Å². The Kier molecular flexibility index (Phi) is 6.01. The van der Waals surface area contributed by atoms with E-state index in [0.29, 0.717) is 12.8 Å². The summed E-state index contributed by atoms with van der Waals surface area (Å²) in [4.78, 5) is 11.7. The molecule has 0 saturated heterocycles. The monoisotopic (exact) mass is 305 g/mol. The molecule has 0 aromatic rings. The molecular formula is C14H27NO4S. The van der Waals surface area contributed by atoms with E-state index in [-0.39, 0.29) is 6.04 Å². The maximum Gasteiger partial charge on any atom is 0.321 e. The minimum absolute atomic E-state index is 0.372. The molecule has 0 heterocycles. The Morgan fingerprint density at radius 2 is 1.70 bits per heavy atom. The molecule has 1 saturated carbocycles.